The van der Waals surface area contributed by atoms with Gasteiger partial charge in [0.25, 0.3) is 0 Å². The summed E-state index contributed by atoms with van der Waals surface area (Å²) in [5.41, 5.74) is -1.60. The minimum absolute atomic E-state index is 0.0339. The predicted molar refractivity (Wildman–Crippen MR) is 132 cm³/mol. The van der Waals surface area contributed by atoms with Crippen molar-refractivity contribution in [3.63, 3.8) is 0 Å². The largest absolute Gasteiger partial charge is 0.439 e. The van der Waals surface area contributed by atoms with E-state index in [0.717, 1.165) is 24.3 Å². The van der Waals surface area contributed by atoms with Gasteiger partial charge >= 0.3 is 18.4 Å². The minimum Gasteiger partial charge on any atom is -0.439 e. The van der Waals surface area contributed by atoms with Crippen molar-refractivity contribution < 1.29 is 49.3 Å². The molecule has 0 bridgehead atoms. The summed E-state index contributed by atoms with van der Waals surface area (Å²) in [6, 6.07) is 6.48. The number of carbonyl (C=O) groups is 2. The molecule has 222 valence electrons. The van der Waals surface area contributed by atoms with E-state index in [9.17, 15) is 44.5 Å². The third kappa shape index (κ3) is 5.86. The summed E-state index contributed by atoms with van der Waals surface area (Å²) >= 11 is 0. The molecule has 5 rings (SSSR count). The van der Waals surface area contributed by atoms with Crippen molar-refractivity contribution in [1.82, 2.24) is 10.2 Å². The van der Waals surface area contributed by atoms with Crippen molar-refractivity contribution in [3.05, 3.63) is 59.4 Å². The monoisotopic (exact) mass is 607 g/mol. The molecule has 3 atom stereocenters. The minimum atomic E-state index is -5.58. The van der Waals surface area contributed by atoms with Gasteiger partial charge in [0.1, 0.15) is 5.82 Å². The molecule has 0 aromatic heterocycles. The molecule has 2 unspecified atom stereocenters. The second kappa shape index (κ2) is 10.5. The summed E-state index contributed by atoms with van der Waals surface area (Å²) in [5, 5.41) is 2.56. The van der Waals surface area contributed by atoms with Gasteiger partial charge in [-0.25, -0.2) is 13.4 Å². The van der Waals surface area contributed by atoms with Crippen LogP contribution in [0.5, 0.6) is 0 Å². The number of benzene rings is 2. The highest BCUT2D eigenvalue weighted by Gasteiger charge is 2.57. The van der Waals surface area contributed by atoms with E-state index in [0.29, 0.717) is 19.0 Å². The van der Waals surface area contributed by atoms with Crippen LogP contribution in [-0.2, 0) is 26.9 Å². The zero-order chi connectivity index (χ0) is 29.7. The maximum atomic E-state index is 13.7. The molecule has 2 amide bonds. The predicted octanol–water partition coefficient (Wildman–Crippen LogP) is 4.98. The number of hydrogen-bond acceptors (Lipinski definition) is 4. The summed E-state index contributed by atoms with van der Waals surface area (Å²) in [5.74, 6) is -4.64. The van der Waals surface area contributed by atoms with Crippen molar-refractivity contribution in [1.29, 1.82) is 0 Å². The van der Waals surface area contributed by atoms with Crippen LogP contribution in [-0.4, -0.2) is 64.7 Å². The first kappa shape index (κ1) is 29.1. The second-order valence-corrected chi connectivity index (χ2v) is 11.7. The summed E-state index contributed by atoms with van der Waals surface area (Å²) in [6.45, 7) is 0.693. The number of ether oxygens (including phenoxy) is 1. The van der Waals surface area contributed by atoms with Gasteiger partial charge in [0, 0.05) is 19.4 Å². The first-order valence-corrected chi connectivity index (χ1v) is 13.8. The van der Waals surface area contributed by atoms with Crippen LogP contribution in [0.3, 0.4) is 0 Å². The van der Waals surface area contributed by atoms with Gasteiger partial charge in [-0.05, 0) is 54.3 Å². The smallest absolute Gasteiger partial charge is 0.407 e. The fourth-order valence-electron chi connectivity index (χ4n) is 5.59. The first-order chi connectivity index (χ1) is 19.2. The number of alkyl halides is 6. The zero-order valence-electron chi connectivity index (χ0n) is 21.2. The second-order valence-electron chi connectivity index (χ2n) is 10.3. The number of anilines is 1. The molecule has 2 aromatic rings. The highest BCUT2D eigenvalue weighted by atomic mass is 32.2. The summed E-state index contributed by atoms with van der Waals surface area (Å²) in [6.07, 6.45) is -11.4. The molecular formula is C26H24F7N3O4S. The lowest BCUT2D eigenvalue weighted by Gasteiger charge is -2.38. The molecule has 1 spiro atoms. The van der Waals surface area contributed by atoms with E-state index in [-0.39, 0.29) is 54.4 Å². The zero-order valence-corrected chi connectivity index (χ0v) is 22.0. The molecule has 2 saturated heterocycles. The van der Waals surface area contributed by atoms with Gasteiger partial charge in [-0.1, -0.05) is 12.1 Å². The summed E-state index contributed by atoms with van der Waals surface area (Å²) in [7, 11) is -2.08. The Bertz CT molecular complexity index is 1350. The van der Waals surface area contributed by atoms with Crippen LogP contribution in [0.1, 0.15) is 36.3 Å². The molecule has 41 heavy (non-hydrogen) atoms. The summed E-state index contributed by atoms with van der Waals surface area (Å²) < 4.78 is 114. The van der Waals surface area contributed by atoms with E-state index < -0.39 is 58.4 Å². The van der Waals surface area contributed by atoms with Crippen molar-refractivity contribution >= 4 is 28.7 Å². The van der Waals surface area contributed by atoms with Crippen LogP contribution in [0.4, 0.5) is 41.2 Å². The molecule has 2 fully saturated rings. The van der Waals surface area contributed by atoms with Crippen LogP contribution in [0.2, 0.25) is 0 Å². The van der Waals surface area contributed by atoms with E-state index in [1.807, 2.05) is 0 Å². The third-order valence-corrected chi connectivity index (χ3v) is 9.07. The molecule has 0 saturated carbocycles. The lowest BCUT2D eigenvalue weighted by Crippen LogP contribution is -2.45. The van der Waals surface area contributed by atoms with Crippen LogP contribution < -0.4 is 9.62 Å². The number of hydrogen-bond donors (Lipinski definition) is 1. The van der Waals surface area contributed by atoms with E-state index in [4.69, 9.17) is 4.74 Å². The van der Waals surface area contributed by atoms with Gasteiger partial charge < -0.3 is 15.0 Å². The Kier molecular flexibility index (Phi) is 7.45. The van der Waals surface area contributed by atoms with Gasteiger partial charge in [0.2, 0.25) is 5.91 Å². The first-order valence-electron chi connectivity index (χ1n) is 12.6. The SMILES string of the molecule is O=C1NCC2(CCN(C(=O)C[C@@H]3CCc4cc(C(C(F)(F)F)C(F)(F)F)ccc4N3S(=O)c3ccc(F)cc3)C2)O1. The number of alkyl carbamates (subject to hydrolysis) is 1. The molecule has 15 heteroatoms. The molecule has 0 radical (unpaired) electrons. The van der Waals surface area contributed by atoms with Gasteiger partial charge in [0.15, 0.2) is 22.5 Å². The normalized spacial score (nSPS) is 23.5. The van der Waals surface area contributed by atoms with Crippen LogP contribution >= 0.6 is 0 Å². The summed E-state index contributed by atoms with van der Waals surface area (Å²) in [4.78, 5) is 26.5. The fraction of sp³-hybridized carbons (Fsp3) is 0.462. The van der Waals surface area contributed by atoms with Crippen LogP contribution in [0.25, 0.3) is 0 Å². The van der Waals surface area contributed by atoms with Gasteiger partial charge in [0.05, 0.1) is 29.7 Å². The Morgan fingerprint density at radius 1 is 1.10 bits per heavy atom. The quantitative estimate of drug-likeness (QED) is 0.487. The highest BCUT2D eigenvalue weighted by molar-refractivity contribution is 7.86. The van der Waals surface area contributed by atoms with Crippen molar-refractivity contribution in [2.24, 2.45) is 0 Å². The average molecular weight is 608 g/mol. The lowest BCUT2D eigenvalue weighted by atomic mass is 9.90. The van der Waals surface area contributed by atoms with Gasteiger partial charge in [-0.2, -0.15) is 26.3 Å². The third-order valence-electron chi connectivity index (χ3n) is 7.54. The van der Waals surface area contributed by atoms with Crippen molar-refractivity contribution in [2.75, 3.05) is 23.9 Å². The van der Waals surface area contributed by atoms with Crippen LogP contribution in [0, 0.1) is 5.82 Å². The number of nitrogens with zero attached hydrogens (tertiary/aromatic N) is 2. The topological polar surface area (TPSA) is 79.0 Å². The molecule has 0 aliphatic carbocycles. The number of likely N-dealkylation sites (tertiary alicyclic amines) is 1. The number of amides is 2. The van der Waals surface area contributed by atoms with Gasteiger partial charge in [-0.3, -0.25) is 9.10 Å². The van der Waals surface area contributed by atoms with E-state index >= 15 is 0 Å². The maximum absolute atomic E-state index is 13.7. The molecule has 1 N–H and O–H groups in total. The molecule has 3 aliphatic heterocycles. The Balaban J connectivity index is 1.45. The number of halogens is 7. The molecule has 7 nitrogen and oxygen atoms in total. The Labute approximate surface area is 232 Å². The number of rotatable bonds is 5. The molecule has 2 aromatic carbocycles. The van der Waals surface area contributed by atoms with E-state index in [1.165, 1.54) is 21.3 Å². The van der Waals surface area contributed by atoms with Crippen LogP contribution in [0.15, 0.2) is 47.4 Å². The number of carbonyl (C=O) groups excluding carboxylic acids is 2. The van der Waals surface area contributed by atoms with E-state index in [1.54, 1.807) is 0 Å². The Hall–Kier alpha value is -3.36. The molecule has 3 aliphatic rings. The lowest BCUT2D eigenvalue weighted by molar-refractivity contribution is -0.253. The van der Waals surface area contributed by atoms with Crippen molar-refractivity contribution in [3.8, 4) is 0 Å². The number of fused-ring (bicyclic) bond motifs is 1. The maximum Gasteiger partial charge on any atom is 0.407 e. The fourth-order valence-corrected chi connectivity index (χ4v) is 7.00. The van der Waals surface area contributed by atoms with E-state index in [2.05, 4.69) is 5.32 Å². The Morgan fingerprint density at radius 2 is 1.78 bits per heavy atom. The Morgan fingerprint density at radius 3 is 2.39 bits per heavy atom. The highest BCUT2D eigenvalue weighted by Crippen LogP contribution is 2.48. The molecular weight excluding hydrogens is 583 g/mol. The number of aryl methyl sites for hydroxylation is 1. The van der Waals surface area contributed by atoms with Crippen molar-refractivity contribution in [2.45, 2.75) is 60.5 Å². The standard InChI is InChI=1S/C26H24F7N3O4S/c27-17-3-6-19(7-4-17)41(39)36-18(12-21(37)35-10-9-24(14-35)13-34-23(38)40-24)5-1-15-11-16(2-8-20(15)36)22(25(28,29)30)26(31,32)33/h2-4,6-8,11,18,22H,1,5,9-10,12-14H2,(H,34,38)/t18-,24?,41?/m0/s1. The molecule has 3 heterocycles. The van der Waals surface area contributed by atoms with Gasteiger partial charge in [-0.15, -0.1) is 0 Å². The average Bonchev–Trinajstić information content (AvgIpc) is 3.47. The number of nitrogens with one attached hydrogen (secondary N) is 1.